The second-order valence-corrected chi connectivity index (χ2v) is 7.04. The van der Waals surface area contributed by atoms with Gasteiger partial charge in [-0.1, -0.05) is 0 Å². The van der Waals surface area contributed by atoms with Gasteiger partial charge in [0, 0.05) is 36.8 Å². The van der Waals surface area contributed by atoms with Gasteiger partial charge in [-0.15, -0.1) is 0 Å². The van der Waals surface area contributed by atoms with Crippen LogP contribution in [0.3, 0.4) is 0 Å². The summed E-state index contributed by atoms with van der Waals surface area (Å²) in [7, 11) is -1.77. The van der Waals surface area contributed by atoms with E-state index in [-0.39, 0.29) is 4.90 Å². The molecule has 0 atom stereocenters. The zero-order valence-electron chi connectivity index (χ0n) is 9.89. The molecule has 0 radical (unpaired) electrons. The number of hydrogen-bond donors (Lipinski definition) is 1. The van der Waals surface area contributed by atoms with E-state index in [0.29, 0.717) is 30.7 Å². The van der Waals surface area contributed by atoms with Crippen LogP contribution in [0.2, 0.25) is 0 Å². The van der Waals surface area contributed by atoms with Crippen molar-refractivity contribution in [2.24, 2.45) is 0 Å². The Kier molecular flexibility index (Phi) is 3.90. The molecule has 0 unspecified atom stereocenters. The van der Waals surface area contributed by atoms with Gasteiger partial charge in [0.25, 0.3) is 5.56 Å². The van der Waals surface area contributed by atoms with Crippen molar-refractivity contribution in [1.82, 2.24) is 14.2 Å². The van der Waals surface area contributed by atoms with Crippen LogP contribution in [-0.2, 0) is 10.0 Å². The van der Waals surface area contributed by atoms with E-state index in [1.165, 1.54) is 16.6 Å². The van der Waals surface area contributed by atoms with Crippen molar-refractivity contribution in [3.63, 3.8) is 0 Å². The fourth-order valence-electron chi connectivity index (χ4n) is 1.80. The number of pyridine rings is 1. The Balaban J connectivity index is 2.36. The summed E-state index contributed by atoms with van der Waals surface area (Å²) in [5, 5.41) is 0. The molecule has 0 saturated carbocycles. The number of sulfonamides is 1. The number of H-pyrrole nitrogens is 1. The predicted molar refractivity (Wildman–Crippen MR) is 71.0 cm³/mol. The number of aromatic nitrogens is 1. The van der Waals surface area contributed by atoms with Crippen molar-refractivity contribution in [3.8, 4) is 0 Å². The Morgan fingerprint density at radius 3 is 2.50 bits per heavy atom. The van der Waals surface area contributed by atoms with Crippen LogP contribution in [0.15, 0.2) is 26.4 Å². The van der Waals surface area contributed by atoms with E-state index in [2.05, 4.69) is 25.8 Å². The lowest BCUT2D eigenvalue weighted by atomic mass is 10.4. The van der Waals surface area contributed by atoms with E-state index < -0.39 is 15.6 Å². The number of piperazine rings is 1. The highest BCUT2D eigenvalue weighted by molar-refractivity contribution is 9.10. The molecule has 0 amide bonds. The summed E-state index contributed by atoms with van der Waals surface area (Å²) in [6.07, 6.45) is 1.42. The molecule has 1 N–H and O–H groups in total. The molecule has 8 heteroatoms. The molecule has 0 spiro atoms. The maximum absolute atomic E-state index is 12.3. The number of hydrogen-bond acceptors (Lipinski definition) is 4. The quantitative estimate of drug-likeness (QED) is 0.830. The van der Waals surface area contributed by atoms with Gasteiger partial charge in [0.15, 0.2) is 0 Å². The van der Waals surface area contributed by atoms with E-state index in [4.69, 9.17) is 0 Å². The molecule has 0 aliphatic carbocycles. The van der Waals surface area contributed by atoms with E-state index >= 15 is 0 Å². The topological polar surface area (TPSA) is 73.5 Å². The molecule has 6 nitrogen and oxygen atoms in total. The lowest BCUT2D eigenvalue weighted by Gasteiger charge is -2.31. The van der Waals surface area contributed by atoms with E-state index in [1.54, 1.807) is 0 Å². The molecule has 0 bridgehead atoms. The number of halogens is 1. The van der Waals surface area contributed by atoms with Gasteiger partial charge in [-0.2, -0.15) is 4.31 Å². The molecule has 2 heterocycles. The van der Waals surface area contributed by atoms with Crippen LogP contribution >= 0.6 is 15.9 Å². The summed E-state index contributed by atoms with van der Waals surface area (Å²) in [5.74, 6) is 0. The lowest BCUT2D eigenvalue weighted by Crippen LogP contribution is -2.47. The monoisotopic (exact) mass is 335 g/mol. The molecule has 1 aliphatic heterocycles. The minimum Gasteiger partial charge on any atom is -0.327 e. The average molecular weight is 336 g/mol. The van der Waals surface area contributed by atoms with Crippen molar-refractivity contribution in [1.29, 1.82) is 0 Å². The van der Waals surface area contributed by atoms with Crippen LogP contribution in [0.4, 0.5) is 0 Å². The van der Waals surface area contributed by atoms with Crippen molar-refractivity contribution >= 4 is 26.0 Å². The molecule has 2 rings (SSSR count). The van der Waals surface area contributed by atoms with Gasteiger partial charge in [-0.05, 0) is 29.0 Å². The first-order valence-corrected chi connectivity index (χ1v) is 7.71. The molecular weight excluding hydrogens is 322 g/mol. The summed E-state index contributed by atoms with van der Waals surface area (Å²) < 4.78 is 26.6. The third-order valence-corrected chi connectivity index (χ3v) is 5.28. The van der Waals surface area contributed by atoms with Gasteiger partial charge in [0.1, 0.15) is 4.90 Å². The highest BCUT2D eigenvalue weighted by Crippen LogP contribution is 2.16. The lowest BCUT2D eigenvalue weighted by molar-refractivity contribution is 0.222. The van der Waals surface area contributed by atoms with Crippen molar-refractivity contribution in [2.45, 2.75) is 4.90 Å². The molecule has 0 aromatic carbocycles. The van der Waals surface area contributed by atoms with Crippen LogP contribution in [0.1, 0.15) is 0 Å². The summed E-state index contributed by atoms with van der Waals surface area (Å²) >= 11 is 3.16. The minimum absolute atomic E-state index is 0.207. The zero-order chi connectivity index (χ0) is 13.3. The number of nitrogens with one attached hydrogen (secondary N) is 1. The molecule has 1 fully saturated rings. The first-order valence-electron chi connectivity index (χ1n) is 5.48. The molecule has 100 valence electrons. The number of nitrogens with zero attached hydrogens (tertiary/aromatic N) is 2. The summed E-state index contributed by atoms with van der Waals surface area (Å²) in [4.78, 5) is 15.9. The van der Waals surface area contributed by atoms with Crippen LogP contribution in [-0.4, -0.2) is 55.8 Å². The van der Waals surface area contributed by atoms with Crippen LogP contribution in [0.25, 0.3) is 0 Å². The standard InChI is InChI=1S/C10H14BrN3O3S/c1-13-2-4-14(5-3-13)18(16,17)9-6-8(11)7-12-10(9)15/h6-7H,2-5H2,1H3,(H,12,15). The summed E-state index contributed by atoms with van der Waals surface area (Å²) in [6, 6.07) is 1.34. The normalized spacial score (nSPS) is 19.0. The van der Waals surface area contributed by atoms with Gasteiger partial charge in [-0.3, -0.25) is 4.79 Å². The number of likely N-dealkylation sites (N-methyl/N-ethyl adjacent to an activating group) is 1. The fourth-order valence-corrected chi connectivity index (χ4v) is 3.78. The van der Waals surface area contributed by atoms with Crippen LogP contribution < -0.4 is 5.56 Å². The van der Waals surface area contributed by atoms with Crippen molar-refractivity contribution in [2.75, 3.05) is 33.2 Å². The van der Waals surface area contributed by atoms with E-state index in [1.807, 2.05) is 7.05 Å². The number of aromatic amines is 1. The maximum Gasteiger partial charge on any atom is 0.268 e. The Bertz CT molecular complexity index is 591. The van der Waals surface area contributed by atoms with E-state index in [0.717, 1.165) is 0 Å². The first-order chi connectivity index (χ1) is 8.41. The van der Waals surface area contributed by atoms with Gasteiger partial charge in [0.2, 0.25) is 10.0 Å². The highest BCUT2D eigenvalue weighted by Gasteiger charge is 2.29. The SMILES string of the molecule is CN1CCN(S(=O)(=O)c2cc(Br)c[nH]c2=O)CC1. The number of rotatable bonds is 2. The third kappa shape index (κ3) is 2.66. The summed E-state index contributed by atoms with van der Waals surface area (Å²) in [5.41, 5.74) is -0.586. The Morgan fingerprint density at radius 2 is 1.89 bits per heavy atom. The van der Waals surface area contributed by atoms with E-state index in [9.17, 15) is 13.2 Å². The van der Waals surface area contributed by atoms with Gasteiger partial charge >= 0.3 is 0 Å². The fraction of sp³-hybridized carbons (Fsp3) is 0.500. The predicted octanol–water partition coefficient (Wildman–Crippen LogP) is 0.0735. The third-order valence-electron chi connectivity index (χ3n) is 2.91. The van der Waals surface area contributed by atoms with Crippen LogP contribution in [0, 0.1) is 0 Å². The Morgan fingerprint density at radius 1 is 1.28 bits per heavy atom. The van der Waals surface area contributed by atoms with Gasteiger partial charge in [-0.25, -0.2) is 8.42 Å². The minimum atomic E-state index is -3.71. The zero-order valence-corrected chi connectivity index (χ0v) is 12.3. The molecule has 1 aliphatic rings. The molecule has 1 aromatic rings. The van der Waals surface area contributed by atoms with Crippen LogP contribution in [0.5, 0.6) is 0 Å². The largest absolute Gasteiger partial charge is 0.327 e. The second kappa shape index (κ2) is 5.12. The maximum atomic E-state index is 12.3. The smallest absolute Gasteiger partial charge is 0.268 e. The second-order valence-electron chi connectivity index (χ2n) is 4.22. The van der Waals surface area contributed by atoms with Crippen molar-refractivity contribution in [3.05, 3.63) is 27.1 Å². The molecule has 1 aromatic heterocycles. The Hall–Kier alpha value is -0.700. The molecule has 1 saturated heterocycles. The Labute approximate surface area is 114 Å². The first kappa shape index (κ1) is 13.7. The molecule has 18 heavy (non-hydrogen) atoms. The highest BCUT2D eigenvalue weighted by atomic mass is 79.9. The van der Waals surface area contributed by atoms with Crippen molar-refractivity contribution < 1.29 is 8.42 Å². The molecular formula is C10H14BrN3O3S. The van der Waals surface area contributed by atoms with Gasteiger partial charge in [0.05, 0.1) is 0 Å². The summed E-state index contributed by atoms with van der Waals surface area (Å²) in [6.45, 7) is 2.16. The van der Waals surface area contributed by atoms with Gasteiger partial charge < -0.3 is 9.88 Å². The average Bonchev–Trinajstić information content (AvgIpc) is 2.32.